The van der Waals surface area contributed by atoms with Gasteiger partial charge in [0.1, 0.15) is 11.8 Å². The standard InChI is InChI=1S/C18H23F3N2O3/c1-11(2)17(25)23-10-4-5-15(23)16(24)22-12(3)13-6-8-14(9-7-13)26-18(19,20)21/h6-9,11-12,15H,4-5,10H2,1-3H3,(H,22,24). The Balaban J connectivity index is 1.99. The molecule has 2 amide bonds. The van der Waals surface area contributed by atoms with Gasteiger partial charge in [0.15, 0.2) is 0 Å². The Bertz CT molecular complexity index is 644. The van der Waals surface area contributed by atoms with E-state index in [0.717, 1.165) is 6.42 Å². The van der Waals surface area contributed by atoms with E-state index in [1.165, 1.54) is 24.3 Å². The summed E-state index contributed by atoms with van der Waals surface area (Å²) in [5.74, 6) is -0.796. The lowest BCUT2D eigenvalue weighted by Crippen LogP contribution is -2.47. The highest BCUT2D eigenvalue weighted by molar-refractivity contribution is 5.89. The number of rotatable bonds is 5. The van der Waals surface area contributed by atoms with E-state index in [9.17, 15) is 22.8 Å². The summed E-state index contributed by atoms with van der Waals surface area (Å²) >= 11 is 0. The second-order valence-electron chi connectivity index (χ2n) is 6.69. The molecule has 1 heterocycles. The molecule has 0 radical (unpaired) electrons. The zero-order valence-electron chi connectivity index (χ0n) is 15.0. The minimum Gasteiger partial charge on any atom is -0.406 e. The Morgan fingerprint density at radius 1 is 1.19 bits per heavy atom. The lowest BCUT2D eigenvalue weighted by molar-refractivity contribution is -0.274. The normalized spacial score (nSPS) is 18.7. The van der Waals surface area contributed by atoms with Crippen LogP contribution < -0.4 is 10.1 Å². The molecule has 0 aliphatic carbocycles. The second-order valence-corrected chi connectivity index (χ2v) is 6.69. The average molecular weight is 372 g/mol. The van der Waals surface area contributed by atoms with E-state index >= 15 is 0 Å². The molecule has 1 aliphatic heterocycles. The SMILES string of the molecule is CC(C)C(=O)N1CCCC1C(=O)NC(C)c1ccc(OC(F)(F)F)cc1. The van der Waals surface area contributed by atoms with Crippen molar-refractivity contribution >= 4 is 11.8 Å². The van der Waals surface area contributed by atoms with Crippen LogP contribution in [-0.4, -0.2) is 35.7 Å². The number of hydrogen-bond acceptors (Lipinski definition) is 3. The van der Waals surface area contributed by atoms with Crippen molar-refractivity contribution in [1.29, 1.82) is 0 Å². The highest BCUT2D eigenvalue weighted by atomic mass is 19.4. The van der Waals surface area contributed by atoms with Crippen LogP contribution in [0.3, 0.4) is 0 Å². The van der Waals surface area contributed by atoms with Crippen LogP contribution in [-0.2, 0) is 9.59 Å². The predicted molar refractivity (Wildman–Crippen MR) is 89.3 cm³/mol. The number of halogens is 3. The van der Waals surface area contributed by atoms with Crippen molar-refractivity contribution in [1.82, 2.24) is 10.2 Å². The highest BCUT2D eigenvalue weighted by Crippen LogP contribution is 2.25. The molecule has 0 aromatic heterocycles. The Labute approximate surface area is 150 Å². The fourth-order valence-electron chi connectivity index (χ4n) is 2.99. The largest absolute Gasteiger partial charge is 0.573 e. The molecular weight excluding hydrogens is 349 g/mol. The maximum absolute atomic E-state index is 12.5. The quantitative estimate of drug-likeness (QED) is 0.862. The smallest absolute Gasteiger partial charge is 0.406 e. The molecule has 0 saturated carbocycles. The Kier molecular flexibility index (Phi) is 6.15. The summed E-state index contributed by atoms with van der Waals surface area (Å²) in [7, 11) is 0. The summed E-state index contributed by atoms with van der Waals surface area (Å²) in [6.45, 7) is 5.89. The number of alkyl halides is 3. The number of hydrogen-bond donors (Lipinski definition) is 1. The van der Waals surface area contributed by atoms with Gasteiger partial charge in [-0.3, -0.25) is 9.59 Å². The van der Waals surface area contributed by atoms with Gasteiger partial charge in [0.25, 0.3) is 0 Å². The summed E-state index contributed by atoms with van der Waals surface area (Å²) in [4.78, 5) is 26.4. The van der Waals surface area contributed by atoms with Crippen LogP contribution in [0.5, 0.6) is 5.75 Å². The first-order valence-corrected chi connectivity index (χ1v) is 8.55. The van der Waals surface area contributed by atoms with E-state index < -0.39 is 18.4 Å². The monoisotopic (exact) mass is 372 g/mol. The van der Waals surface area contributed by atoms with Gasteiger partial charge in [-0.2, -0.15) is 0 Å². The zero-order chi connectivity index (χ0) is 19.5. The van der Waals surface area contributed by atoms with Crippen LogP contribution in [0.1, 0.15) is 45.2 Å². The van der Waals surface area contributed by atoms with Gasteiger partial charge in [-0.25, -0.2) is 0 Å². The van der Waals surface area contributed by atoms with Crippen molar-refractivity contribution in [2.45, 2.75) is 52.1 Å². The number of carbonyl (C=O) groups excluding carboxylic acids is 2. The molecule has 2 atom stereocenters. The van der Waals surface area contributed by atoms with Crippen molar-refractivity contribution in [3.05, 3.63) is 29.8 Å². The maximum Gasteiger partial charge on any atom is 0.573 e. The fraction of sp³-hybridized carbons (Fsp3) is 0.556. The van der Waals surface area contributed by atoms with Crippen molar-refractivity contribution in [2.24, 2.45) is 5.92 Å². The molecule has 0 spiro atoms. The molecule has 0 bridgehead atoms. The van der Waals surface area contributed by atoms with E-state index in [0.29, 0.717) is 18.5 Å². The van der Waals surface area contributed by atoms with Gasteiger partial charge in [0.2, 0.25) is 11.8 Å². The third-order valence-electron chi connectivity index (χ3n) is 4.30. The molecular formula is C18H23F3N2O3. The van der Waals surface area contributed by atoms with Crippen LogP contribution in [0, 0.1) is 5.92 Å². The lowest BCUT2D eigenvalue weighted by Gasteiger charge is -2.27. The molecule has 1 aliphatic rings. The molecule has 1 N–H and O–H groups in total. The topological polar surface area (TPSA) is 58.6 Å². The Morgan fingerprint density at radius 2 is 1.81 bits per heavy atom. The lowest BCUT2D eigenvalue weighted by atomic mass is 10.1. The summed E-state index contributed by atoms with van der Waals surface area (Å²) < 4.78 is 40.4. The van der Waals surface area contributed by atoms with Gasteiger partial charge in [0, 0.05) is 12.5 Å². The zero-order valence-corrected chi connectivity index (χ0v) is 15.0. The first-order chi connectivity index (χ1) is 12.1. The summed E-state index contributed by atoms with van der Waals surface area (Å²) in [5.41, 5.74) is 0.646. The molecule has 26 heavy (non-hydrogen) atoms. The molecule has 8 heteroatoms. The van der Waals surface area contributed by atoms with Crippen LogP contribution in [0.4, 0.5) is 13.2 Å². The predicted octanol–water partition coefficient (Wildman–Crippen LogP) is 3.41. The summed E-state index contributed by atoms with van der Waals surface area (Å²) in [6, 6.07) is 4.44. The third kappa shape index (κ3) is 5.12. The van der Waals surface area contributed by atoms with Gasteiger partial charge in [-0.1, -0.05) is 26.0 Å². The minimum atomic E-state index is -4.74. The van der Waals surface area contributed by atoms with Gasteiger partial charge in [0.05, 0.1) is 6.04 Å². The molecule has 5 nitrogen and oxygen atoms in total. The molecule has 144 valence electrons. The number of carbonyl (C=O) groups is 2. The molecule has 1 saturated heterocycles. The number of amides is 2. The molecule has 2 unspecified atom stereocenters. The number of ether oxygens (including phenoxy) is 1. The summed E-state index contributed by atoms with van der Waals surface area (Å²) in [6.07, 6.45) is -3.36. The highest BCUT2D eigenvalue weighted by Gasteiger charge is 2.35. The van der Waals surface area contributed by atoms with E-state index in [-0.39, 0.29) is 23.5 Å². The molecule has 1 aromatic rings. The van der Waals surface area contributed by atoms with Crippen molar-refractivity contribution in [2.75, 3.05) is 6.54 Å². The Hall–Kier alpha value is -2.25. The van der Waals surface area contributed by atoms with Crippen molar-refractivity contribution in [3.8, 4) is 5.75 Å². The van der Waals surface area contributed by atoms with Gasteiger partial charge in [-0.15, -0.1) is 13.2 Å². The van der Waals surface area contributed by atoms with E-state index in [1.807, 2.05) is 0 Å². The number of nitrogens with one attached hydrogen (secondary N) is 1. The van der Waals surface area contributed by atoms with E-state index in [2.05, 4.69) is 10.1 Å². The average Bonchev–Trinajstić information content (AvgIpc) is 3.02. The number of nitrogens with zero attached hydrogens (tertiary/aromatic N) is 1. The van der Waals surface area contributed by atoms with Crippen LogP contribution in [0.25, 0.3) is 0 Å². The van der Waals surface area contributed by atoms with E-state index in [4.69, 9.17) is 0 Å². The minimum absolute atomic E-state index is 0.0519. The van der Waals surface area contributed by atoms with Crippen molar-refractivity contribution < 1.29 is 27.5 Å². The maximum atomic E-state index is 12.5. The van der Waals surface area contributed by atoms with Crippen LogP contribution >= 0.6 is 0 Å². The van der Waals surface area contributed by atoms with Gasteiger partial charge >= 0.3 is 6.36 Å². The Morgan fingerprint density at radius 3 is 2.35 bits per heavy atom. The first-order valence-electron chi connectivity index (χ1n) is 8.55. The third-order valence-corrected chi connectivity index (χ3v) is 4.30. The van der Waals surface area contributed by atoms with E-state index in [1.54, 1.807) is 25.7 Å². The fourth-order valence-corrected chi connectivity index (χ4v) is 2.99. The van der Waals surface area contributed by atoms with Gasteiger partial charge in [-0.05, 0) is 37.5 Å². The molecule has 1 aromatic carbocycles. The number of likely N-dealkylation sites (tertiary alicyclic amines) is 1. The van der Waals surface area contributed by atoms with Crippen LogP contribution in [0.15, 0.2) is 24.3 Å². The molecule has 2 rings (SSSR count). The molecule has 1 fully saturated rings. The first kappa shape index (κ1) is 20.1. The summed E-state index contributed by atoms with van der Waals surface area (Å²) in [5, 5.41) is 2.83. The second kappa shape index (κ2) is 7.97. The number of benzene rings is 1. The van der Waals surface area contributed by atoms with Gasteiger partial charge < -0.3 is 15.0 Å². The van der Waals surface area contributed by atoms with Crippen LogP contribution in [0.2, 0.25) is 0 Å². The van der Waals surface area contributed by atoms with Crippen molar-refractivity contribution in [3.63, 3.8) is 0 Å².